The largest absolute Gasteiger partial charge is 0.313 e. The van der Waals surface area contributed by atoms with Crippen molar-refractivity contribution in [2.45, 2.75) is 37.6 Å². The van der Waals surface area contributed by atoms with E-state index in [4.69, 9.17) is 0 Å². The van der Waals surface area contributed by atoms with Gasteiger partial charge in [0.2, 0.25) is 0 Å². The van der Waals surface area contributed by atoms with Gasteiger partial charge in [-0.2, -0.15) is 0 Å². The average molecular weight is 384 g/mol. The molecule has 0 aliphatic carbocycles. The Kier molecular flexibility index (Phi) is 7.30. The van der Waals surface area contributed by atoms with Crippen LogP contribution in [0.2, 0.25) is 0 Å². The van der Waals surface area contributed by atoms with Crippen molar-refractivity contribution in [3.63, 3.8) is 0 Å². The maximum absolute atomic E-state index is 3.68. The van der Waals surface area contributed by atoms with Crippen LogP contribution in [0, 0.1) is 6.92 Å². The third-order valence-corrected chi connectivity index (χ3v) is 6.40. The summed E-state index contributed by atoms with van der Waals surface area (Å²) in [4.78, 5) is 2.79. The number of nitrogens with one attached hydrogen (secondary N) is 1. The maximum Gasteiger partial charge on any atom is 0.0314 e. The van der Waals surface area contributed by atoms with Gasteiger partial charge in [-0.3, -0.25) is 0 Å². The maximum atomic E-state index is 3.68. The van der Waals surface area contributed by atoms with Crippen LogP contribution in [0.4, 0.5) is 0 Å². The zero-order chi connectivity index (χ0) is 15.1. The molecule has 4 heteroatoms. The lowest BCUT2D eigenvalue weighted by Gasteiger charge is -2.18. The number of rotatable bonds is 8. The first-order valence-electron chi connectivity index (χ1n) is 7.33. The molecule has 1 aromatic heterocycles. The summed E-state index contributed by atoms with van der Waals surface area (Å²) in [5.41, 5.74) is 1.32. The number of hydrogen-bond acceptors (Lipinski definition) is 3. The Bertz CT molecular complexity index is 536. The van der Waals surface area contributed by atoms with Gasteiger partial charge < -0.3 is 5.32 Å². The Morgan fingerprint density at radius 1 is 1.24 bits per heavy atom. The van der Waals surface area contributed by atoms with Gasteiger partial charge in [0.05, 0.1) is 0 Å². The summed E-state index contributed by atoms with van der Waals surface area (Å²) in [5, 5.41) is 5.84. The molecule has 1 heterocycles. The summed E-state index contributed by atoms with van der Waals surface area (Å²) in [5.74, 6) is 1.10. The number of thiophene rings is 1. The van der Waals surface area contributed by atoms with Crippen molar-refractivity contribution in [2.24, 2.45) is 0 Å². The average Bonchev–Trinajstić information content (AvgIpc) is 2.89. The second kappa shape index (κ2) is 8.99. The lowest BCUT2D eigenvalue weighted by molar-refractivity contribution is 0.552. The first-order chi connectivity index (χ1) is 10.2. The SMILES string of the molecule is CCCNC(CSc1ccc(C)cc1)Cc1sccc1Br. The molecule has 1 N–H and O–H groups in total. The van der Waals surface area contributed by atoms with Crippen LogP contribution in [0.3, 0.4) is 0 Å². The molecule has 1 nitrogen and oxygen atoms in total. The quantitative estimate of drug-likeness (QED) is 0.602. The van der Waals surface area contributed by atoms with Gasteiger partial charge in [-0.05, 0) is 65.8 Å². The molecule has 1 aromatic carbocycles. The fourth-order valence-corrected chi connectivity index (χ4v) is 4.62. The van der Waals surface area contributed by atoms with Gasteiger partial charge in [-0.25, -0.2) is 0 Å². The molecule has 0 saturated heterocycles. The van der Waals surface area contributed by atoms with E-state index in [1.807, 2.05) is 23.1 Å². The van der Waals surface area contributed by atoms with Crippen molar-refractivity contribution < 1.29 is 0 Å². The Morgan fingerprint density at radius 3 is 2.62 bits per heavy atom. The molecule has 2 aromatic rings. The molecule has 21 heavy (non-hydrogen) atoms. The second-order valence-electron chi connectivity index (χ2n) is 5.17. The molecule has 0 radical (unpaired) electrons. The monoisotopic (exact) mass is 383 g/mol. The highest BCUT2D eigenvalue weighted by Crippen LogP contribution is 2.26. The highest BCUT2D eigenvalue weighted by atomic mass is 79.9. The lowest BCUT2D eigenvalue weighted by Crippen LogP contribution is -2.33. The van der Waals surface area contributed by atoms with Crippen LogP contribution in [0.15, 0.2) is 45.1 Å². The van der Waals surface area contributed by atoms with Crippen molar-refractivity contribution in [3.05, 3.63) is 50.6 Å². The van der Waals surface area contributed by atoms with Crippen molar-refractivity contribution in [1.82, 2.24) is 5.32 Å². The molecule has 0 saturated carbocycles. The molecule has 1 atom stereocenters. The number of benzene rings is 1. The predicted molar refractivity (Wildman–Crippen MR) is 99.7 cm³/mol. The van der Waals surface area contributed by atoms with Gasteiger partial charge in [0.1, 0.15) is 0 Å². The summed E-state index contributed by atoms with van der Waals surface area (Å²) in [6.07, 6.45) is 2.27. The molecule has 0 bridgehead atoms. The number of halogens is 1. The van der Waals surface area contributed by atoms with Crippen LogP contribution in [0.1, 0.15) is 23.8 Å². The van der Waals surface area contributed by atoms with Crippen LogP contribution in [0.5, 0.6) is 0 Å². The molecule has 0 aliphatic heterocycles. The van der Waals surface area contributed by atoms with Crippen LogP contribution in [-0.2, 0) is 6.42 Å². The Balaban J connectivity index is 1.92. The first-order valence-corrected chi connectivity index (χ1v) is 9.99. The van der Waals surface area contributed by atoms with E-state index in [-0.39, 0.29) is 0 Å². The third-order valence-electron chi connectivity index (χ3n) is 3.28. The van der Waals surface area contributed by atoms with Crippen molar-refractivity contribution in [3.8, 4) is 0 Å². The fraction of sp³-hybridized carbons (Fsp3) is 0.412. The van der Waals surface area contributed by atoms with Crippen LogP contribution in [-0.4, -0.2) is 18.3 Å². The summed E-state index contributed by atoms with van der Waals surface area (Å²) in [6, 6.07) is 11.5. The topological polar surface area (TPSA) is 12.0 Å². The first kappa shape index (κ1) is 17.1. The Labute approximate surface area is 144 Å². The highest BCUT2D eigenvalue weighted by Gasteiger charge is 2.12. The fourth-order valence-electron chi connectivity index (χ4n) is 2.06. The van der Waals surface area contributed by atoms with E-state index >= 15 is 0 Å². The normalized spacial score (nSPS) is 12.5. The Morgan fingerprint density at radius 2 is 2.00 bits per heavy atom. The molecule has 0 fully saturated rings. The van der Waals surface area contributed by atoms with E-state index in [2.05, 4.69) is 70.8 Å². The van der Waals surface area contributed by atoms with E-state index in [1.165, 1.54) is 26.2 Å². The van der Waals surface area contributed by atoms with Gasteiger partial charge in [0.25, 0.3) is 0 Å². The minimum Gasteiger partial charge on any atom is -0.313 e. The molecule has 0 amide bonds. The van der Waals surface area contributed by atoms with Gasteiger partial charge in [-0.15, -0.1) is 23.1 Å². The van der Waals surface area contributed by atoms with Crippen molar-refractivity contribution in [2.75, 3.05) is 12.3 Å². The van der Waals surface area contributed by atoms with E-state index in [9.17, 15) is 0 Å². The number of aryl methyl sites for hydroxylation is 1. The summed E-state index contributed by atoms with van der Waals surface area (Å²) in [6.45, 7) is 5.44. The minimum absolute atomic E-state index is 0.520. The van der Waals surface area contributed by atoms with Crippen LogP contribution in [0.25, 0.3) is 0 Å². The van der Waals surface area contributed by atoms with Gasteiger partial charge >= 0.3 is 0 Å². The molecular formula is C17H22BrNS2. The predicted octanol–water partition coefficient (Wildman–Crippen LogP) is 5.52. The standard InChI is InChI=1S/C17H22BrNS2/c1-3-9-19-14(11-17-16(18)8-10-20-17)12-21-15-6-4-13(2)5-7-15/h4-8,10,14,19H,3,9,11-12H2,1-2H3. The van der Waals surface area contributed by atoms with E-state index in [0.29, 0.717) is 6.04 Å². The molecular weight excluding hydrogens is 362 g/mol. The smallest absolute Gasteiger partial charge is 0.0314 e. The van der Waals surface area contributed by atoms with Crippen LogP contribution >= 0.6 is 39.0 Å². The number of thioether (sulfide) groups is 1. The van der Waals surface area contributed by atoms with Crippen LogP contribution < -0.4 is 5.32 Å². The molecule has 114 valence electrons. The van der Waals surface area contributed by atoms with E-state index < -0.39 is 0 Å². The minimum atomic E-state index is 0.520. The van der Waals surface area contributed by atoms with E-state index in [0.717, 1.165) is 18.7 Å². The second-order valence-corrected chi connectivity index (χ2v) is 8.12. The zero-order valence-corrected chi connectivity index (χ0v) is 15.8. The summed E-state index contributed by atoms with van der Waals surface area (Å²) >= 11 is 7.42. The Hall–Kier alpha value is -0.290. The highest BCUT2D eigenvalue weighted by molar-refractivity contribution is 9.10. The molecule has 0 spiro atoms. The molecule has 2 rings (SSSR count). The van der Waals surface area contributed by atoms with Crippen molar-refractivity contribution in [1.29, 1.82) is 0 Å². The van der Waals surface area contributed by atoms with Gasteiger partial charge in [0.15, 0.2) is 0 Å². The van der Waals surface area contributed by atoms with Gasteiger partial charge in [0, 0.05) is 26.0 Å². The molecule has 1 unspecified atom stereocenters. The summed E-state index contributed by atoms with van der Waals surface area (Å²) in [7, 11) is 0. The van der Waals surface area contributed by atoms with E-state index in [1.54, 1.807) is 0 Å². The summed E-state index contributed by atoms with van der Waals surface area (Å²) < 4.78 is 1.25. The molecule has 0 aliphatic rings. The van der Waals surface area contributed by atoms with Crippen molar-refractivity contribution >= 4 is 39.0 Å². The zero-order valence-electron chi connectivity index (χ0n) is 12.6. The number of hydrogen-bond donors (Lipinski definition) is 1. The van der Waals surface area contributed by atoms with Gasteiger partial charge in [-0.1, -0.05) is 24.6 Å². The third kappa shape index (κ3) is 5.78. The lowest BCUT2D eigenvalue weighted by atomic mass is 10.2.